The smallest absolute Gasteiger partial charge is 0.314 e. The Morgan fingerprint density at radius 2 is 2.13 bits per heavy atom. The van der Waals surface area contributed by atoms with E-state index in [1.165, 1.54) is 18.2 Å². The predicted molar refractivity (Wildman–Crippen MR) is 50.9 cm³/mol. The molecule has 0 bridgehead atoms. The number of hydrogen-bond acceptors (Lipinski definition) is 2. The molecule has 1 aromatic rings. The van der Waals surface area contributed by atoms with Crippen molar-refractivity contribution in [1.29, 1.82) is 0 Å². The van der Waals surface area contributed by atoms with Crippen molar-refractivity contribution in [3.63, 3.8) is 0 Å². The zero-order valence-electron chi connectivity index (χ0n) is 8.03. The molecule has 0 atom stereocenters. The number of aliphatic carboxylic acids is 1. The quantitative estimate of drug-likeness (QED) is 0.793. The first-order valence-electron chi connectivity index (χ1n) is 4.73. The van der Waals surface area contributed by atoms with Crippen LogP contribution in [-0.2, 0) is 16.8 Å². The number of aliphatic hydroxyl groups is 1. The number of carbonyl (C=O) groups is 1. The summed E-state index contributed by atoms with van der Waals surface area (Å²) >= 11 is 0. The van der Waals surface area contributed by atoms with E-state index in [4.69, 9.17) is 10.2 Å². The van der Waals surface area contributed by atoms with Gasteiger partial charge < -0.3 is 10.2 Å². The van der Waals surface area contributed by atoms with E-state index in [9.17, 15) is 9.18 Å². The standard InChI is InChI=1S/C11H11FO3/c12-9-2-1-8(5-7(9)6-13)11(3-4-11)10(14)15/h1-2,5,13H,3-4,6H2,(H,14,15). The first kappa shape index (κ1) is 10.1. The van der Waals surface area contributed by atoms with Gasteiger partial charge in [-0.3, -0.25) is 4.79 Å². The van der Waals surface area contributed by atoms with Crippen LogP contribution in [0.5, 0.6) is 0 Å². The molecule has 1 aromatic carbocycles. The van der Waals surface area contributed by atoms with Crippen LogP contribution in [0.2, 0.25) is 0 Å². The average Bonchev–Trinajstić information content (AvgIpc) is 2.99. The van der Waals surface area contributed by atoms with E-state index >= 15 is 0 Å². The first-order chi connectivity index (χ1) is 7.10. The number of carboxylic acids is 1. The van der Waals surface area contributed by atoms with Crippen LogP contribution in [0.15, 0.2) is 18.2 Å². The summed E-state index contributed by atoms with van der Waals surface area (Å²) in [5.74, 6) is -1.37. The molecule has 0 radical (unpaired) electrons. The van der Waals surface area contributed by atoms with Gasteiger partial charge in [-0.15, -0.1) is 0 Å². The van der Waals surface area contributed by atoms with Crippen molar-refractivity contribution in [2.45, 2.75) is 24.9 Å². The van der Waals surface area contributed by atoms with Crippen molar-refractivity contribution >= 4 is 5.97 Å². The highest BCUT2D eigenvalue weighted by atomic mass is 19.1. The van der Waals surface area contributed by atoms with E-state index in [0.29, 0.717) is 18.4 Å². The average molecular weight is 210 g/mol. The molecule has 3 nitrogen and oxygen atoms in total. The SMILES string of the molecule is O=C(O)C1(c2ccc(F)c(CO)c2)CC1. The third-order valence-corrected chi connectivity index (χ3v) is 2.93. The lowest BCUT2D eigenvalue weighted by molar-refractivity contribution is -0.140. The van der Waals surface area contributed by atoms with Crippen LogP contribution >= 0.6 is 0 Å². The topological polar surface area (TPSA) is 57.5 Å². The third kappa shape index (κ3) is 1.51. The highest BCUT2D eigenvalue weighted by Gasteiger charge is 2.51. The largest absolute Gasteiger partial charge is 0.481 e. The molecule has 80 valence electrons. The van der Waals surface area contributed by atoms with Crippen molar-refractivity contribution in [3.8, 4) is 0 Å². The Hall–Kier alpha value is -1.42. The molecule has 2 rings (SSSR count). The van der Waals surface area contributed by atoms with Gasteiger partial charge >= 0.3 is 5.97 Å². The predicted octanol–water partition coefficient (Wildman–Crippen LogP) is 1.43. The zero-order valence-corrected chi connectivity index (χ0v) is 8.03. The number of rotatable bonds is 3. The van der Waals surface area contributed by atoms with Crippen molar-refractivity contribution in [2.24, 2.45) is 0 Å². The fraction of sp³-hybridized carbons (Fsp3) is 0.364. The van der Waals surface area contributed by atoms with Crippen LogP contribution in [-0.4, -0.2) is 16.2 Å². The molecule has 1 fully saturated rings. The van der Waals surface area contributed by atoms with Gasteiger partial charge in [0.1, 0.15) is 5.82 Å². The molecule has 0 spiro atoms. The molecule has 0 saturated heterocycles. The van der Waals surface area contributed by atoms with E-state index in [-0.39, 0.29) is 5.56 Å². The molecule has 1 aliphatic rings. The maximum absolute atomic E-state index is 13.1. The lowest BCUT2D eigenvalue weighted by atomic mass is 9.94. The maximum Gasteiger partial charge on any atom is 0.314 e. The van der Waals surface area contributed by atoms with Crippen LogP contribution in [0.3, 0.4) is 0 Å². The van der Waals surface area contributed by atoms with E-state index in [0.717, 1.165) is 0 Å². The summed E-state index contributed by atoms with van der Waals surface area (Å²) in [5.41, 5.74) is -0.0991. The zero-order chi connectivity index (χ0) is 11.1. The summed E-state index contributed by atoms with van der Waals surface area (Å²) in [6, 6.07) is 4.13. The second-order valence-electron chi connectivity index (χ2n) is 3.85. The number of hydrogen-bond donors (Lipinski definition) is 2. The van der Waals surface area contributed by atoms with E-state index < -0.39 is 23.8 Å². The highest BCUT2D eigenvalue weighted by molar-refractivity contribution is 5.84. The Morgan fingerprint density at radius 3 is 2.60 bits per heavy atom. The summed E-state index contributed by atoms with van der Waals surface area (Å²) in [6.45, 7) is -0.407. The minimum absolute atomic E-state index is 0.153. The molecule has 2 N–H and O–H groups in total. The Bertz CT molecular complexity index is 410. The van der Waals surface area contributed by atoms with Gasteiger partial charge in [-0.25, -0.2) is 4.39 Å². The van der Waals surface area contributed by atoms with Crippen molar-refractivity contribution in [3.05, 3.63) is 35.1 Å². The lowest BCUT2D eigenvalue weighted by Crippen LogP contribution is -2.19. The molecule has 0 unspecified atom stereocenters. The molecule has 0 aliphatic heterocycles. The van der Waals surface area contributed by atoms with Crippen LogP contribution < -0.4 is 0 Å². The Labute approximate surface area is 86.2 Å². The second-order valence-corrected chi connectivity index (χ2v) is 3.85. The molecule has 15 heavy (non-hydrogen) atoms. The van der Waals surface area contributed by atoms with Gasteiger partial charge in [-0.05, 0) is 30.5 Å². The number of benzene rings is 1. The third-order valence-electron chi connectivity index (χ3n) is 2.93. The molecule has 1 saturated carbocycles. The van der Waals surface area contributed by atoms with E-state index in [2.05, 4.69) is 0 Å². The summed E-state index contributed by atoms with van der Waals surface area (Å²) in [5, 5.41) is 17.9. The van der Waals surface area contributed by atoms with Crippen LogP contribution in [0.4, 0.5) is 4.39 Å². The van der Waals surface area contributed by atoms with Crippen molar-refractivity contribution in [2.75, 3.05) is 0 Å². The second kappa shape index (κ2) is 3.31. The van der Waals surface area contributed by atoms with Crippen molar-refractivity contribution < 1.29 is 19.4 Å². The summed E-state index contributed by atoms with van der Waals surface area (Å²) < 4.78 is 13.1. The Kier molecular flexibility index (Phi) is 2.23. The first-order valence-corrected chi connectivity index (χ1v) is 4.73. The Morgan fingerprint density at radius 1 is 1.47 bits per heavy atom. The molecule has 0 heterocycles. The van der Waals surface area contributed by atoms with Gasteiger partial charge in [0, 0.05) is 5.56 Å². The van der Waals surface area contributed by atoms with Gasteiger partial charge in [-0.1, -0.05) is 6.07 Å². The molecule has 0 amide bonds. The number of aliphatic hydroxyl groups excluding tert-OH is 1. The van der Waals surface area contributed by atoms with Gasteiger partial charge in [0.15, 0.2) is 0 Å². The lowest BCUT2D eigenvalue weighted by Gasteiger charge is -2.11. The number of carboxylic acid groups (broad SMARTS) is 1. The molecule has 4 heteroatoms. The van der Waals surface area contributed by atoms with Gasteiger partial charge in [0.05, 0.1) is 12.0 Å². The summed E-state index contributed by atoms with van der Waals surface area (Å²) in [7, 11) is 0. The summed E-state index contributed by atoms with van der Waals surface area (Å²) in [6.07, 6.45) is 1.16. The molecular weight excluding hydrogens is 199 g/mol. The normalized spacial score (nSPS) is 17.5. The van der Waals surface area contributed by atoms with Crippen LogP contribution in [0, 0.1) is 5.82 Å². The minimum atomic E-state index is -0.877. The van der Waals surface area contributed by atoms with Crippen LogP contribution in [0.1, 0.15) is 24.0 Å². The van der Waals surface area contributed by atoms with Gasteiger partial charge in [0.25, 0.3) is 0 Å². The molecule has 0 aromatic heterocycles. The maximum atomic E-state index is 13.1. The van der Waals surface area contributed by atoms with Crippen molar-refractivity contribution in [1.82, 2.24) is 0 Å². The summed E-state index contributed by atoms with van der Waals surface area (Å²) in [4.78, 5) is 11.0. The monoisotopic (exact) mass is 210 g/mol. The fourth-order valence-electron chi connectivity index (χ4n) is 1.74. The van der Waals surface area contributed by atoms with Gasteiger partial charge in [-0.2, -0.15) is 0 Å². The van der Waals surface area contributed by atoms with Crippen LogP contribution in [0.25, 0.3) is 0 Å². The Balaban J connectivity index is 2.42. The molecule has 1 aliphatic carbocycles. The number of halogens is 1. The molecular formula is C11H11FO3. The van der Waals surface area contributed by atoms with E-state index in [1.807, 2.05) is 0 Å². The fourth-order valence-corrected chi connectivity index (χ4v) is 1.74. The minimum Gasteiger partial charge on any atom is -0.481 e. The highest BCUT2D eigenvalue weighted by Crippen LogP contribution is 2.48. The van der Waals surface area contributed by atoms with E-state index in [1.54, 1.807) is 0 Å². The van der Waals surface area contributed by atoms with Gasteiger partial charge in [0.2, 0.25) is 0 Å².